The van der Waals surface area contributed by atoms with E-state index >= 15 is 0 Å². The minimum absolute atomic E-state index is 0.0547. The lowest BCUT2D eigenvalue weighted by molar-refractivity contribution is -0.139. The van der Waals surface area contributed by atoms with Crippen LogP contribution in [0.5, 0.6) is 5.75 Å². The van der Waals surface area contributed by atoms with Crippen LogP contribution in [0.25, 0.3) is 5.76 Å². The van der Waals surface area contributed by atoms with Crippen molar-refractivity contribution in [3.8, 4) is 5.75 Å². The quantitative estimate of drug-likeness (QED) is 0.200. The molecule has 0 saturated carbocycles. The van der Waals surface area contributed by atoms with E-state index in [0.29, 0.717) is 43.0 Å². The summed E-state index contributed by atoms with van der Waals surface area (Å²) in [5.41, 5.74) is 3.36. The van der Waals surface area contributed by atoms with Crippen molar-refractivity contribution in [1.29, 1.82) is 0 Å². The molecule has 5 rings (SSSR count). The number of aryl methyl sites for hydroxylation is 2. The molecular weight excluding hydrogens is 480 g/mol. The third-order valence-electron chi connectivity index (χ3n) is 6.53. The van der Waals surface area contributed by atoms with Gasteiger partial charge in [-0.1, -0.05) is 35.9 Å². The number of aliphatic hydroxyl groups is 1. The van der Waals surface area contributed by atoms with E-state index in [1.165, 1.54) is 4.90 Å². The van der Waals surface area contributed by atoms with Crippen LogP contribution in [-0.4, -0.2) is 42.8 Å². The topological polar surface area (TPSA) is 97.6 Å². The Morgan fingerprint density at radius 2 is 1.84 bits per heavy atom. The standard InChI is InChI=1S/C30H28N4O4/c1-21-5-2-6-22(17-21)19-38-25-10-8-23(9-11-25)28(35)26-27(24-7-3-12-31-18-24)34(30(37)29(26)36)15-4-14-33-16-13-32-20-33/h2-3,5-13,16-18,20,27,35H,4,14-15,19H2,1H3/b28-26+. The predicted octanol–water partition coefficient (Wildman–Crippen LogP) is 4.68. The SMILES string of the molecule is Cc1cccc(COc2ccc(/C(O)=C3\C(=O)C(=O)N(CCCn4ccnc4)C3c3cccnc3)cc2)c1. The van der Waals surface area contributed by atoms with Crippen LogP contribution in [0, 0.1) is 6.92 Å². The van der Waals surface area contributed by atoms with E-state index in [-0.39, 0.29) is 11.3 Å². The summed E-state index contributed by atoms with van der Waals surface area (Å²) in [4.78, 5) is 36.0. The average Bonchev–Trinajstić information content (AvgIpc) is 3.55. The summed E-state index contributed by atoms with van der Waals surface area (Å²) >= 11 is 0. The molecule has 2 aromatic carbocycles. The molecule has 1 aliphatic heterocycles. The number of nitrogens with zero attached hydrogens (tertiary/aromatic N) is 4. The van der Waals surface area contributed by atoms with Crippen LogP contribution >= 0.6 is 0 Å². The van der Waals surface area contributed by atoms with Crippen molar-refractivity contribution in [2.75, 3.05) is 6.54 Å². The third-order valence-corrected chi connectivity index (χ3v) is 6.53. The second-order valence-corrected chi connectivity index (χ2v) is 9.24. The highest BCUT2D eigenvalue weighted by Crippen LogP contribution is 2.39. The molecule has 1 amide bonds. The van der Waals surface area contributed by atoms with Gasteiger partial charge in [-0.05, 0) is 54.8 Å². The van der Waals surface area contributed by atoms with Crippen molar-refractivity contribution in [2.24, 2.45) is 0 Å². The molecule has 0 radical (unpaired) electrons. The maximum Gasteiger partial charge on any atom is 0.295 e. The minimum Gasteiger partial charge on any atom is -0.507 e. The highest BCUT2D eigenvalue weighted by Gasteiger charge is 2.45. The number of aromatic nitrogens is 3. The van der Waals surface area contributed by atoms with Crippen LogP contribution in [0.3, 0.4) is 0 Å². The van der Waals surface area contributed by atoms with Crippen LogP contribution in [0.4, 0.5) is 0 Å². The summed E-state index contributed by atoms with van der Waals surface area (Å²) in [6.45, 7) is 3.43. The molecule has 1 atom stereocenters. The van der Waals surface area contributed by atoms with Gasteiger partial charge in [0.05, 0.1) is 17.9 Å². The molecule has 1 N–H and O–H groups in total. The number of rotatable bonds is 9. The molecule has 1 fully saturated rings. The third kappa shape index (κ3) is 5.34. The molecule has 192 valence electrons. The van der Waals surface area contributed by atoms with E-state index in [1.807, 2.05) is 42.0 Å². The van der Waals surface area contributed by atoms with Crippen molar-refractivity contribution >= 4 is 17.4 Å². The summed E-state index contributed by atoms with van der Waals surface area (Å²) in [6.07, 6.45) is 9.12. The molecule has 1 saturated heterocycles. The zero-order chi connectivity index (χ0) is 26.5. The van der Waals surface area contributed by atoms with Gasteiger partial charge in [-0.25, -0.2) is 4.98 Å². The summed E-state index contributed by atoms with van der Waals surface area (Å²) in [5, 5.41) is 11.3. The molecule has 38 heavy (non-hydrogen) atoms. The molecule has 8 heteroatoms. The van der Waals surface area contributed by atoms with Gasteiger partial charge in [-0.3, -0.25) is 14.6 Å². The van der Waals surface area contributed by atoms with Gasteiger partial charge in [-0.2, -0.15) is 0 Å². The number of hydrogen-bond acceptors (Lipinski definition) is 6. The van der Waals surface area contributed by atoms with E-state index in [4.69, 9.17) is 4.74 Å². The van der Waals surface area contributed by atoms with Crippen LogP contribution < -0.4 is 4.74 Å². The van der Waals surface area contributed by atoms with E-state index in [1.54, 1.807) is 55.2 Å². The molecular formula is C30H28N4O4. The van der Waals surface area contributed by atoms with Gasteiger partial charge in [-0.15, -0.1) is 0 Å². The van der Waals surface area contributed by atoms with Gasteiger partial charge < -0.3 is 19.3 Å². The van der Waals surface area contributed by atoms with Crippen molar-refractivity contribution in [3.05, 3.63) is 120 Å². The number of imidazole rings is 1. The summed E-state index contributed by atoms with van der Waals surface area (Å²) in [5.74, 6) is -0.936. The first-order valence-corrected chi connectivity index (χ1v) is 12.4. The normalized spacial score (nSPS) is 16.7. The second-order valence-electron chi connectivity index (χ2n) is 9.24. The fraction of sp³-hybridized carbons (Fsp3) is 0.200. The number of pyridine rings is 1. The summed E-state index contributed by atoms with van der Waals surface area (Å²) < 4.78 is 7.80. The maximum atomic E-state index is 13.2. The molecule has 8 nitrogen and oxygen atoms in total. The van der Waals surface area contributed by atoms with Crippen LogP contribution in [-0.2, 0) is 22.7 Å². The zero-order valence-electron chi connectivity index (χ0n) is 21.0. The van der Waals surface area contributed by atoms with Crippen LogP contribution in [0.15, 0.2) is 97.4 Å². The maximum absolute atomic E-state index is 13.2. The molecule has 1 aliphatic rings. The Morgan fingerprint density at radius 3 is 2.55 bits per heavy atom. The van der Waals surface area contributed by atoms with Gasteiger partial charge in [0.1, 0.15) is 18.1 Å². The summed E-state index contributed by atoms with van der Waals surface area (Å²) in [7, 11) is 0. The number of carbonyl (C=O) groups is 2. The lowest BCUT2D eigenvalue weighted by atomic mass is 9.96. The number of ether oxygens (including phenoxy) is 1. The molecule has 0 spiro atoms. The van der Waals surface area contributed by atoms with Crippen molar-refractivity contribution in [2.45, 2.75) is 32.5 Å². The number of Topliss-reactive ketones (excluding diaryl/α,β-unsaturated/α-hetero) is 1. The lowest BCUT2D eigenvalue weighted by Gasteiger charge is -2.25. The number of carbonyl (C=O) groups excluding carboxylic acids is 2. The van der Waals surface area contributed by atoms with Gasteiger partial charge in [0.2, 0.25) is 0 Å². The number of likely N-dealkylation sites (tertiary alicyclic amines) is 1. The number of amides is 1. The smallest absolute Gasteiger partial charge is 0.295 e. The predicted molar refractivity (Wildman–Crippen MR) is 142 cm³/mol. The first kappa shape index (κ1) is 25.0. The fourth-order valence-electron chi connectivity index (χ4n) is 4.67. The second kappa shape index (κ2) is 11.1. The van der Waals surface area contributed by atoms with Crippen LogP contribution in [0.2, 0.25) is 0 Å². The lowest BCUT2D eigenvalue weighted by Crippen LogP contribution is -2.31. The highest BCUT2D eigenvalue weighted by atomic mass is 16.5. The Hall–Kier alpha value is -4.72. The highest BCUT2D eigenvalue weighted by molar-refractivity contribution is 6.46. The number of ketones is 1. The zero-order valence-corrected chi connectivity index (χ0v) is 21.0. The van der Waals surface area contributed by atoms with Crippen molar-refractivity contribution in [3.63, 3.8) is 0 Å². The first-order valence-electron chi connectivity index (χ1n) is 12.4. The van der Waals surface area contributed by atoms with Gasteiger partial charge in [0.25, 0.3) is 11.7 Å². The molecule has 2 aromatic heterocycles. The Morgan fingerprint density at radius 1 is 1.00 bits per heavy atom. The molecule has 3 heterocycles. The van der Waals surface area contributed by atoms with Crippen molar-refractivity contribution in [1.82, 2.24) is 19.4 Å². The molecule has 4 aromatic rings. The Kier molecular flexibility index (Phi) is 7.31. The Labute approximate surface area is 220 Å². The van der Waals surface area contributed by atoms with E-state index in [2.05, 4.69) is 16.0 Å². The van der Waals surface area contributed by atoms with E-state index < -0.39 is 17.7 Å². The first-order chi connectivity index (χ1) is 18.5. The monoisotopic (exact) mass is 508 g/mol. The molecule has 0 bridgehead atoms. The Bertz CT molecular complexity index is 1450. The molecule has 0 aliphatic carbocycles. The minimum atomic E-state index is -0.733. The van der Waals surface area contributed by atoms with Gasteiger partial charge in [0, 0.05) is 43.4 Å². The number of aliphatic hydroxyl groups excluding tert-OH is 1. The number of hydrogen-bond donors (Lipinski definition) is 1. The fourth-order valence-corrected chi connectivity index (χ4v) is 4.67. The molecule has 1 unspecified atom stereocenters. The van der Waals surface area contributed by atoms with Crippen LogP contribution in [0.1, 0.15) is 34.7 Å². The van der Waals surface area contributed by atoms with Gasteiger partial charge in [0.15, 0.2) is 0 Å². The van der Waals surface area contributed by atoms with E-state index in [0.717, 1.165) is 11.1 Å². The van der Waals surface area contributed by atoms with Crippen molar-refractivity contribution < 1.29 is 19.4 Å². The van der Waals surface area contributed by atoms with Gasteiger partial charge >= 0.3 is 0 Å². The Balaban J connectivity index is 1.39. The average molecular weight is 509 g/mol. The summed E-state index contributed by atoms with van der Waals surface area (Å²) in [6, 6.07) is 17.8. The number of benzene rings is 2. The largest absolute Gasteiger partial charge is 0.507 e. The van der Waals surface area contributed by atoms with E-state index in [9.17, 15) is 14.7 Å².